The topological polar surface area (TPSA) is 29.1 Å². The van der Waals surface area contributed by atoms with Gasteiger partial charge in [-0.3, -0.25) is 4.79 Å². The van der Waals surface area contributed by atoms with Crippen LogP contribution < -0.4 is 5.32 Å². The predicted molar refractivity (Wildman–Crippen MR) is 56.6 cm³/mol. The number of rotatable bonds is 1. The first-order valence-electron chi connectivity index (χ1n) is 4.69. The van der Waals surface area contributed by atoms with Crippen LogP contribution in [-0.4, -0.2) is 12.5 Å². The van der Waals surface area contributed by atoms with Crippen LogP contribution in [0.25, 0.3) is 0 Å². The van der Waals surface area contributed by atoms with Crippen LogP contribution in [0, 0.1) is 6.92 Å². The van der Waals surface area contributed by atoms with Gasteiger partial charge in [-0.2, -0.15) is 0 Å². The molecule has 1 atom stereocenters. The van der Waals surface area contributed by atoms with E-state index in [0.29, 0.717) is 13.0 Å². The Morgan fingerprint density at radius 2 is 2.29 bits per heavy atom. The van der Waals surface area contributed by atoms with Crippen molar-refractivity contribution in [3.8, 4) is 0 Å². The highest BCUT2D eigenvalue weighted by atomic mass is 35.5. The van der Waals surface area contributed by atoms with Crippen molar-refractivity contribution in [2.45, 2.75) is 19.3 Å². The van der Waals surface area contributed by atoms with Gasteiger partial charge in [0, 0.05) is 23.9 Å². The third-order valence-electron chi connectivity index (χ3n) is 2.57. The van der Waals surface area contributed by atoms with Gasteiger partial charge in [-0.1, -0.05) is 23.7 Å². The molecule has 1 aliphatic rings. The first-order valence-corrected chi connectivity index (χ1v) is 5.07. The molecule has 2 nitrogen and oxygen atoms in total. The smallest absolute Gasteiger partial charge is 0.220 e. The van der Waals surface area contributed by atoms with Crippen LogP contribution in [0.15, 0.2) is 18.2 Å². The Hall–Kier alpha value is -1.02. The highest BCUT2D eigenvalue weighted by molar-refractivity contribution is 6.31. The van der Waals surface area contributed by atoms with Gasteiger partial charge in [-0.15, -0.1) is 0 Å². The largest absolute Gasteiger partial charge is 0.355 e. The minimum atomic E-state index is 0.117. The van der Waals surface area contributed by atoms with Crippen molar-refractivity contribution < 1.29 is 4.79 Å². The first kappa shape index (κ1) is 9.53. The maximum Gasteiger partial charge on any atom is 0.220 e. The van der Waals surface area contributed by atoms with Gasteiger partial charge >= 0.3 is 0 Å². The average molecular weight is 210 g/mol. The van der Waals surface area contributed by atoms with Crippen LogP contribution in [0.5, 0.6) is 0 Å². The zero-order valence-corrected chi connectivity index (χ0v) is 8.77. The van der Waals surface area contributed by atoms with E-state index >= 15 is 0 Å². The Morgan fingerprint density at radius 3 is 2.86 bits per heavy atom. The minimum absolute atomic E-state index is 0.117. The lowest BCUT2D eigenvalue weighted by Gasteiger charge is -2.10. The zero-order valence-electron chi connectivity index (χ0n) is 8.01. The summed E-state index contributed by atoms with van der Waals surface area (Å²) in [5, 5.41) is 3.58. The van der Waals surface area contributed by atoms with Crippen molar-refractivity contribution in [2.24, 2.45) is 0 Å². The van der Waals surface area contributed by atoms with Crippen molar-refractivity contribution in [1.82, 2.24) is 5.32 Å². The maximum absolute atomic E-state index is 11.1. The van der Waals surface area contributed by atoms with E-state index in [0.717, 1.165) is 16.1 Å². The summed E-state index contributed by atoms with van der Waals surface area (Å²) in [5.74, 6) is 0.363. The van der Waals surface area contributed by atoms with Crippen molar-refractivity contribution in [1.29, 1.82) is 0 Å². The van der Waals surface area contributed by atoms with Crippen LogP contribution in [-0.2, 0) is 4.79 Å². The Kier molecular flexibility index (Phi) is 2.46. The molecule has 1 fully saturated rings. The predicted octanol–water partition coefficient (Wildman–Crippen LogP) is 2.25. The quantitative estimate of drug-likeness (QED) is 0.755. The minimum Gasteiger partial charge on any atom is -0.355 e. The van der Waals surface area contributed by atoms with Gasteiger partial charge in [-0.05, 0) is 24.1 Å². The molecule has 74 valence electrons. The summed E-state index contributed by atoms with van der Waals surface area (Å²) in [6, 6.07) is 5.99. The van der Waals surface area contributed by atoms with Crippen molar-refractivity contribution in [3.63, 3.8) is 0 Å². The number of carbonyl (C=O) groups is 1. The third kappa shape index (κ3) is 1.75. The molecule has 0 saturated carbocycles. The second-order valence-electron chi connectivity index (χ2n) is 3.73. The van der Waals surface area contributed by atoms with E-state index in [9.17, 15) is 4.79 Å². The molecule has 1 aliphatic heterocycles. The number of carbonyl (C=O) groups excluding carboxylic acids is 1. The van der Waals surface area contributed by atoms with Gasteiger partial charge < -0.3 is 5.32 Å². The van der Waals surface area contributed by atoms with Gasteiger partial charge in [-0.25, -0.2) is 0 Å². The molecule has 1 amide bonds. The summed E-state index contributed by atoms with van der Waals surface area (Å²) >= 11 is 6.12. The molecule has 1 unspecified atom stereocenters. The van der Waals surface area contributed by atoms with Gasteiger partial charge in [0.25, 0.3) is 0 Å². The summed E-state index contributed by atoms with van der Waals surface area (Å²) in [4.78, 5) is 11.1. The fourth-order valence-electron chi connectivity index (χ4n) is 1.79. The normalized spacial score (nSPS) is 21.0. The molecule has 0 spiro atoms. The number of nitrogens with one attached hydrogen (secondary N) is 1. The molecule has 1 N–H and O–H groups in total. The molecule has 14 heavy (non-hydrogen) atoms. The summed E-state index contributed by atoms with van der Waals surface area (Å²) < 4.78 is 0. The second-order valence-corrected chi connectivity index (χ2v) is 4.14. The van der Waals surface area contributed by atoms with Crippen molar-refractivity contribution >= 4 is 17.5 Å². The van der Waals surface area contributed by atoms with Crippen LogP contribution in [0.1, 0.15) is 23.5 Å². The number of amides is 1. The monoisotopic (exact) mass is 209 g/mol. The Balaban J connectivity index is 2.28. The number of halogens is 1. The summed E-state index contributed by atoms with van der Waals surface area (Å²) in [7, 11) is 0. The highest BCUT2D eigenvalue weighted by Gasteiger charge is 2.24. The lowest BCUT2D eigenvalue weighted by Crippen LogP contribution is -2.13. The van der Waals surface area contributed by atoms with Crippen LogP contribution in [0.2, 0.25) is 5.02 Å². The van der Waals surface area contributed by atoms with Crippen LogP contribution >= 0.6 is 11.6 Å². The molecule has 2 rings (SSSR count). The van der Waals surface area contributed by atoms with Gasteiger partial charge in [0.1, 0.15) is 0 Å². The molecular weight excluding hydrogens is 198 g/mol. The van der Waals surface area contributed by atoms with Gasteiger partial charge in [0.15, 0.2) is 0 Å². The second kappa shape index (κ2) is 3.62. The number of benzene rings is 1. The average Bonchev–Trinajstić information content (AvgIpc) is 2.51. The molecule has 1 aromatic rings. The summed E-state index contributed by atoms with van der Waals surface area (Å²) in [6.45, 7) is 2.72. The molecule has 0 radical (unpaired) electrons. The molecule has 1 saturated heterocycles. The first-order chi connectivity index (χ1) is 6.66. The van der Waals surface area contributed by atoms with E-state index in [1.165, 1.54) is 0 Å². The van der Waals surface area contributed by atoms with E-state index in [1.54, 1.807) is 0 Å². The van der Waals surface area contributed by atoms with E-state index in [4.69, 9.17) is 11.6 Å². The maximum atomic E-state index is 11.1. The summed E-state index contributed by atoms with van der Waals surface area (Å²) in [6.07, 6.45) is 0.558. The fourth-order valence-corrected chi connectivity index (χ4v) is 2.18. The summed E-state index contributed by atoms with van der Waals surface area (Å²) in [5.41, 5.74) is 2.23. The molecule has 1 aromatic carbocycles. The fraction of sp³-hybridized carbons (Fsp3) is 0.364. The Labute approximate surface area is 88.3 Å². The lowest BCUT2D eigenvalue weighted by molar-refractivity contribution is -0.119. The van der Waals surface area contributed by atoms with E-state index < -0.39 is 0 Å². The Morgan fingerprint density at radius 1 is 1.50 bits per heavy atom. The van der Waals surface area contributed by atoms with Crippen LogP contribution in [0.4, 0.5) is 0 Å². The molecular formula is C11H12ClNO. The number of hydrogen-bond donors (Lipinski definition) is 1. The molecule has 1 heterocycles. The standard InChI is InChI=1S/C11H12ClNO/c1-7-2-3-9(10(12)4-7)8-5-11(14)13-6-8/h2-4,8H,5-6H2,1H3,(H,13,14). The SMILES string of the molecule is Cc1ccc(C2CNC(=O)C2)c(Cl)c1. The highest BCUT2D eigenvalue weighted by Crippen LogP contribution is 2.29. The Bertz CT molecular complexity index is 376. The molecule has 0 bridgehead atoms. The number of hydrogen-bond acceptors (Lipinski definition) is 1. The van der Waals surface area contributed by atoms with Gasteiger partial charge in [0.05, 0.1) is 0 Å². The third-order valence-corrected chi connectivity index (χ3v) is 2.90. The van der Waals surface area contributed by atoms with E-state index in [2.05, 4.69) is 5.32 Å². The van der Waals surface area contributed by atoms with Crippen molar-refractivity contribution in [2.75, 3.05) is 6.54 Å². The van der Waals surface area contributed by atoms with Gasteiger partial charge in [0.2, 0.25) is 5.91 Å². The lowest BCUT2D eigenvalue weighted by atomic mass is 9.97. The van der Waals surface area contributed by atoms with Crippen LogP contribution in [0.3, 0.4) is 0 Å². The molecule has 3 heteroatoms. The van der Waals surface area contributed by atoms with E-state index in [-0.39, 0.29) is 11.8 Å². The number of aryl methyl sites for hydroxylation is 1. The van der Waals surface area contributed by atoms with Crippen molar-refractivity contribution in [3.05, 3.63) is 34.3 Å². The molecule has 0 aliphatic carbocycles. The zero-order chi connectivity index (χ0) is 10.1. The van der Waals surface area contributed by atoms with E-state index in [1.807, 2.05) is 25.1 Å². The molecule has 0 aromatic heterocycles.